The van der Waals surface area contributed by atoms with Crippen LogP contribution in [0, 0.1) is 12.7 Å². The Labute approximate surface area is 224 Å². The molecule has 0 bridgehead atoms. The van der Waals surface area contributed by atoms with Crippen molar-refractivity contribution in [3.8, 4) is 0 Å². The first-order valence-electron chi connectivity index (χ1n) is 12.3. The number of halogens is 1. The van der Waals surface area contributed by atoms with Crippen LogP contribution in [0.1, 0.15) is 36.1 Å². The van der Waals surface area contributed by atoms with Gasteiger partial charge in [0.2, 0.25) is 5.91 Å². The normalized spacial score (nSPS) is 16.5. The molecule has 0 saturated carbocycles. The Bertz CT molecular complexity index is 1470. The molecule has 1 unspecified atom stereocenters. The zero-order valence-electron chi connectivity index (χ0n) is 21.0. The van der Waals surface area contributed by atoms with Gasteiger partial charge in [0.15, 0.2) is 5.17 Å². The Kier molecular flexibility index (Phi) is 7.42. The number of amidine groups is 1. The first-order chi connectivity index (χ1) is 18.4. The molecule has 1 atom stereocenters. The van der Waals surface area contributed by atoms with Gasteiger partial charge in [-0.25, -0.2) is 14.2 Å². The lowest BCUT2D eigenvalue weighted by Gasteiger charge is -2.37. The van der Waals surface area contributed by atoms with Crippen molar-refractivity contribution in [2.75, 3.05) is 11.9 Å². The molecule has 0 aromatic heterocycles. The number of carbonyl (C=O) groups excluding carboxylic acids is 2. The van der Waals surface area contributed by atoms with Crippen molar-refractivity contribution in [3.05, 3.63) is 118 Å². The number of anilines is 1. The van der Waals surface area contributed by atoms with Crippen LogP contribution >= 0.6 is 11.8 Å². The van der Waals surface area contributed by atoms with Crippen LogP contribution < -0.4 is 5.32 Å². The Morgan fingerprint density at radius 3 is 2.53 bits per heavy atom. The van der Waals surface area contributed by atoms with Crippen molar-refractivity contribution in [1.29, 1.82) is 0 Å². The van der Waals surface area contributed by atoms with E-state index in [1.165, 1.54) is 36.0 Å². The number of aryl methyl sites for hydroxylation is 1. The van der Waals surface area contributed by atoms with Crippen molar-refractivity contribution in [2.45, 2.75) is 26.3 Å². The number of thioether (sulfide) groups is 1. The van der Waals surface area contributed by atoms with E-state index in [1.807, 2.05) is 71.8 Å². The monoisotopic (exact) mass is 527 g/mol. The first kappa shape index (κ1) is 25.5. The van der Waals surface area contributed by atoms with Crippen molar-refractivity contribution in [3.63, 3.8) is 0 Å². The summed E-state index contributed by atoms with van der Waals surface area (Å²) in [6.45, 7) is 3.99. The number of nitrogens with one attached hydrogen (secondary N) is 1. The zero-order chi connectivity index (χ0) is 26.6. The summed E-state index contributed by atoms with van der Waals surface area (Å²) in [5, 5.41) is 5.38. The number of benzene rings is 3. The van der Waals surface area contributed by atoms with Gasteiger partial charge in [-0.05, 0) is 49.1 Å². The minimum atomic E-state index is -0.545. The van der Waals surface area contributed by atoms with E-state index in [4.69, 9.17) is 9.73 Å². The number of fused-ring (bicyclic) bond motifs is 1. The number of amides is 1. The minimum Gasteiger partial charge on any atom is -0.463 e. The number of nitrogens with zero attached hydrogens (tertiary/aromatic N) is 2. The summed E-state index contributed by atoms with van der Waals surface area (Å²) in [5.74, 6) is -1.09. The van der Waals surface area contributed by atoms with Gasteiger partial charge in [0.1, 0.15) is 5.82 Å². The van der Waals surface area contributed by atoms with Crippen molar-refractivity contribution in [1.82, 2.24) is 4.90 Å². The van der Waals surface area contributed by atoms with Crippen LogP contribution in [0.25, 0.3) is 5.70 Å². The lowest BCUT2D eigenvalue weighted by Crippen LogP contribution is -2.37. The molecule has 38 heavy (non-hydrogen) atoms. The van der Waals surface area contributed by atoms with E-state index < -0.39 is 12.0 Å². The topological polar surface area (TPSA) is 71.0 Å². The van der Waals surface area contributed by atoms with Gasteiger partial charge < -0.3 is 15.0 Å². The van der Waals surface area contributed by atoms with Crippen LogP contribution in [-0.2, 0) is 14.3 Å². The maximum atomic E-state index is 13.5. The van der Waals surface area contributed by atoms with E-state index in [9.17, 15) is 14.0 Å². The predicted molar refractivity (Wildman–Crippen MR) is 149 cm³/mol. The van der Waals surface area contributed by atoms with E-state index >= 15 is 0 Å². The summed E-state index contributed by atoms with van der Waals surface area (Å²) >= 11 is 1.41. The first-order valence-corrected chi connectivity index (χ1v) is 13.1. The number of esters is 1. The smallest absolute Gasteiger partial charge is 0.338 e. The highest BCUT2D eigenvalue weighted by atomic mass is 32.2. The molecule has 2 heterocycles. The van der Waals surface area contributed by atoms with E-state index in [0.717, 1.165) is 16.7 Å². The molecule has 192 valence electrons. The molecule has 0 saturated heterocycles. The molecular weight excluding hydrogens is 501 g/mol. The molecule has 0 aliphatic carbocycles. The summed E-state index contributed by atoms with van der Waals surface area (Å²) < 4.78 is 18.8. The van der Waals surface area contributed by atoms with Crippen LogP contribution in [0.2, 0.25) is 0 Å². The molecular formula is C30H26FN3O3S. The second-order valence-corrected chi connectivity index (χ2v) is 9.73. The minimum absolute atomic E-state index is 0.0441. The molecule has 1 N–H and O–H groups in total. The molecule has 5 rings (SSSR count). The fourth-order valence-corrected chi connectivity index (χ4v) is 5.47. The molecule has 6 nitrogen and oxygen atoms in total. The van der Waals surface area contributed by atoms with Crippen LogP contribution in [0.5, 0.6) is 0 Å². The largest absolute Gasteiger partial charge is 0.463 e. The second-order valence-electron chi connectivity index (χ2n) is 8.89. The Balaban J connectivity index is 1.57. The third kappa shape index (κ3) is 5.26. The van der Waals surface area contributed by atoms with Crippen LogP contribution in [0.4, 0.5) is 10.1 Å². The van der Waals surface area contributed by atoms with Gasteiger partial charge in [-0.1, -0.05) is 71.9 Å². The highest BCUT2D eigenvalue weighted by Crippen LogP contribution is 2.47. The van der Waals surface area contributed by atoms with Gasteiger partial charge in [0, 0.05) is 16.9 Å². The average molecular weight is 528 g/mol. The average Bonchev–Trinajstić information content (AvgIpc) is 3.31. The number of aliphatic imine (C=N–C) groups is 1. The maximum Gasteiger partial charge on any atom is 0.338 e. The molecule has 0 fully saturated rings. The Hall–Kier alpha value is -4.17. The predicted octanol–water partition coefficient (Wildman–Crippen LogP) is 6.44. The van der Waals surface area contributed by atoms with Crippen molar-refractivity contribution >= 4 is 40.2 Å². The highest BCUT2D eigenvalue weighted by molar-refractivity contribution is 8.16. The number of carbonyl (C=O) groups is 2. The molecule has 1 amide bonds. The summed E-state index contributed by atoms with van der Waals surface area (Å²) in [5.41, 5.74) is 4.92. The molecule has 8 heteroatoms. The highest BCUT2D eigenvalue weighted by Gasteiger charge is 2.42. The Morgan fingerprint density at radius 2 is 1.82 bits per heavy atom. The van der Waals surface area contributed by atoms with Crippen LogP contribution in [0.3, 0.4) is 0 Å². The third-order valence-electron chi connectivity index (χ3n) is 6.18. The second kappa shape index (κ2) is 11.1. The Morgan fingerprint density at radius 1 is 1.05 bits per heavy atom. The SMILES string of the molecule is CCOC(=O)C1=C(c2ccccc2)N=C2SC=C(CC(=O)Nc3ccc(F)cc3)N2C1c1cccc(C)c1. The van der Waals surface area contributed by atoms with Gasteiger partial charge in [-0.3, -0.25) is 4.79 Å². The quantitative estimate of drug-likeness (QED) is 0.358. The molecule has 0 spiro atoms. The van der Waals surface area contributed by atoms with Gasteiger partial charge in [0.25, 0.3) is 0 Å². The molecule has 0 radical (unpaired) electrons. The van der Waals surface area contributed by atoms with E-state index in [2.05, 4.69) is 5.32 Å². The van der Waals surface area contributed by atoms with E-state index in [1.54, 1.807) is 6.92 Å². The van der Waals surface area contributed by atoms with Gasteiger partial charge in [0.05, 0.1) is 30.3 Å². The van der Waals surface area contributed by atoms with Crippen molar-refractivity contribution in [2.24, 2.45) is 4.99 Å². The standard InChI is InChI=1S/C30H26FN3O3S/c1-3-37-29(36)26-27(20-9-5-4-6-10-20)33-30-34(28(26)21-11-7-8-19(2)16-21)24(18-38-30)17-25(35)32-23-14-12-22(31)13-15-23/h4-16,18,28H,3,17H2,1-2H3,(H,32,35). The number of ether oxygens (including phenoxy) is 1. The third-order valence-corrected chi connectivity index (χ3v) is 7.07. The fraction of sp³-hybridized carbons (Fsp3) is 0.167. The number of hydrogen-bond donors (Lipinski definition) is 1. The van der Waals surface area contributed by atoms with Gasteiger partial charge in [-0.2, -0.15) is 0 Å². The number of hydrogen-bond acceptors (Lipinski definition) is 6. The van der Waals surface area contributed by atoms with Crippen LogP contribution in [-0.4, -0.2) is 28.6 Å². The van der Waals surface area contributed by atoms with E-state index in [0.29, 0.717) is 27.8 Å². The van der Waals surface area contributed by atoms with Crippen molar-refractivity contribution < 1.29 is 18.7 Å². The molecule has 3 aromatic rings. The van der Waals surface area contributed by atoms with Crippen LogP contribution in [0.15, 0.2) is 101 Å². The van der Waals surface area contributed by atoms with Gasteiger partial charge in [-0.15, -0.1) is 0 Å². The molecule has 3 aromatic carbocycles. The summed E-state index contributed by atoms with van der Waals surface area (Å²) in [6.07, 6.45) is 0.0441. The lowest BCUT2D eigenvalue weighted by molar-refractivity contribution is -0.139. The fourth-order valence-electron chi connectivity index (χ4n) is 4.55. The maximum absolute atomic E-state index is 13.5. The summed E-state index contributed by atoms with van der Waals surface area (Å²) in [6, 6.07) is 22.6. The lowest BCUT2D eigenvalue weighted by atomic mass is 9.90. The summed E-state index contributed by atoms with van der Waals surface area (Å²) in [4.78, 5) is 33.4. The molecule has 2 aliphatic heterocycles. The molecule has 2 aliphatic rings. The van der Waals surface area contributed by atoms with E-state index in [-0.39, 0.29) is 24.8 Å². The van der Waals surface area contributed by atoms with Gasteiger partial charge >= 0.3 is 5.97 Å². The summed E-state index contributed by atoms with van der Waals surface area (Å²) in [7, 11) is 0. The zero-order valence-corrected chi connectivity index (χ0v) is 21.8. The number of rotatable bonds is 7.